The zero-order valence-corrected chi connectivity index (χ0v) is 11.3. The van der Waals surface area contributed by atoms with Crippen molar-refractivity contribution >= 4 is 17.8 Å². The van der Waals surface area contributed by atoms with Gasteiger partial charge in [0.25, 0.3) is 11.8 Å². The second kappa shape index (κ2) is 5.42. The standard InChI is InChI=1S/C14H16N2O4/c1-8(2)11(14(19)20)15-7-16-12(17)9-5-3-4-6-10(9)13(16)18/h3-6,8,11,15H,7H2,1-2H3,(H,19,20). The predicted molar refractivity (Wildman–Crippen MR) is 71.2 cm³/mol. The van der Waals surface area contributed by atoms with Gasteiger partial charge < -0.3 is 5.11 Å². The second-order valence-corrected chi connectivity index (χ2v) is 5.01. The molecule has 6 heteroatoms. The summed E-state index contributed by atoms with van der Waals surface area (Å²) in [5.41, 5.74) is 0.714. The summed E-state index contributed by atoms with van der Waals surface area (Å²) in [4.78, 5) is 36.3. The number of carboxylic acids is 1. The Bertz CT molecular complexity index is 533. The molecule has 0 radical (unpaired) electrons. The van der Waals surface area contributed by atoms with Crippen LogP contribution in [0.25, 0.3) is 0 Å². The average molecular weight is 276 g/mol. The van der Waals surface area contributed by atoms with Gasteiger partial charge in [-0.15, -0.1) is 0 Å². The molecule has 0 saturated carbocycles. The van der Waals surface area contributed by atoms with Crippen LogP contribution in [-0.2, 0) is 4.79 Å². The minimum absolute atomic E-state index is 0.110. The molecule has 0 aliphatic carbocycles. The second-order valence-electron chi connectivity index (χ2n) is 5.01. The Kier molecular flexibility index (Phi) is 3.85. The summed E-state index contributed by atoms with van der Waals surface area (Å²) in [6.45, 7) is 3.41. The largest absolute Gasteiger partial charge is 0.480 e. The molecule has 0 bridgehead atoms. The molecule has 20 heavy (non-hydrogen) atoms. The number of aliphatic carboxylic acids is 1. The number of benzene rings is 1. The minimum atomic E-state index is -1.00. The van der Waals surface area contributed by atoms with E-state index in [0.717, 1.165) is 4.90 Å². The van der Waals surface area contributed by atoms with Gasteiger partial charge in [0.05, 0.1) is 17.8 Å². The number of carboxylic acid groups (broad SMARTS) is 1. The van der Waals surface area contributed by atoms with Crippen molar-refractivity contribution in [1.82, 2.24) is 10.2 Å². The van der Waals surface area contributed by atoms with Gasteiger partial charge in [-0.3, -0.25) is 24.6 Å². The Morgan fingerprint density at radius 2 is 1.70 bits per heavy atom. The monoisotopic (exact) mass is 276 g/mol. The highest BCUT2D eigenvalue weighted by Crippen LogP contribution is 2.21. The fourth-order valence-electron chi connectivity index (χ4n) is 2.18. The van der Waals surface area contributed by atoms with Crippen molar-refractivity contribution in [3.05, 3.63) is 35.4 Å². The molecule has 0 spiro atoms. The van der Waals surface area contributed by atoms with Crippen LogP contribution < -0.4 is 5.32 Å². The number of nitrogens with one attached hydrogen (secondary N) is 1. The molecular formula is C14H16N2O4. The zero-order chi connectivity index (χ0) is 14.9. The molecule has 2 amide bonds. The summed E-state index contributed by atoms with van der Waals surface area (Å²) in [7, 11) is 0. The maximum absolute atomic E-state index is 12.1. The molecule has 1 unspecified atom stereocenters. The number of hydrogen-bond acceptors (Lipinski definition) is 4. The van der Waals surface area contributed by atoms with Crippen LogP contribution in [0, 0.1) is 5.92 Å². The first-order chi connectivity index (χ1) is 9.43. The van der Waals surface area contributed by atoms with Crippen LogP contribution in [-0.4, -0.2) is 40.5 Å². The number of carbonyl (C=O) groups excluding carboxylic acids is 2. The summed E-state index contributed by atoms with van der Waals surface area (Å²) >= 11 is 0. The molecule has 0 aromatic heterocycles. The van der Waals surface area contributed by atoms with Crippen LogP contribution in [0.15, 0.2) is 24.3 Å². The highest BCUT2D eigenvalue weighted by atomic mass is 16.4. The van der Waals surface area contributed by atoms with E-state index in [9.17, 15) is 14.4 Å². The number of imide groups is 1. The molecule has 0 fully saturated rings. The average Bonchev–Trinajstić information content (AvgIpc) is 2.63. The molecule has 6 nitrogen and oxygen atoms in total. The fourth-order valence-corrected chi connectivity index (χ4v) is 2.18. The van der Waals surface area contributed by atoms with Gasteiger partial charge in [-0.1, -0.05) is 26.0 Å². The van der Waals surface area contributed by atoms with E-state index < -0.39 is 23.8 Å². The molecule has 106 valence electrons. The Hall–Kier alpha value is -2.21. The minimum Gasteiger partial charge on any atom is -0.480 e. The highest BCUT2D eigenvalue weighted by molar-refractivity contribution is 6.21. The summed E-state index contributed by atoms with van der Waals surface area (Å²) in [5, 5.41) is 11.8. The SMILES string of the molecule is CC(C)C(NCN1C(=O)c2ccccc2C1=O)C(=O)O. The number of rotatable bonds is 5. The molecular weight excluding hydrogens is 260 g/mol. The first-order valence-corrected chi connectivity index (χ1v) is 6.35. The molecule has 1 heterocycles. The Morgan fingerprint density at radius 1 is 1.20 bits per heavy atom. The third-order valence-corrected chi connectivity index (χ3v) is 3.28. The van der Waals surface area contributed by atoms with Crippen molar-refractivity contribution in [2.24, 2.45) is 5.92 Å². The van der Waals surface area contributed by atoms with E-state index >= 15 is 0 Å². The summed E-state index contributed by atoms with van der Waals surface area (Å²) in [6.07, 6.45) is 0. The highest BCUT2D eigenvalue weighted by Gasteiger charge is 2.35. The zero-order valence-electron chi connectivity index (χ0n) is 11.3. The van der Waals surface area contributed by atoms with Crippen LogP contribution in [0.1, 0.15) is 34.6 Å². The molecule has 2 rings (SSSR count). The molecule has 1 atom stereocenters. The lowest BCUT2D eigenvalue weighted by molar-refractivity contribution is -0.140. The molecule has 0 saturated heterocycles. The van der Waals surface area contributed by atoms with Crippen molar-refractivity contribution in [2.75, 3.05) is 6.67 Å². The van der Waals surface area contributed by atoms with Gasteiger partial charge >= 0.3 is 5.97 Å². The van der Waals surface area contributed by atoms with E-state index in [0.29, 0.717) is 11.1 Å². The Balaban J connectivity index is 2.11. The molecule has 1 aromatic rings. The van der Waals surface area contributed by atoms with E-state index in [-0.39, 0.29) is 12.6 Å². The third-order valence-electron chi connectivity index (χ3n) is 3.28. The van der Waals surface area contributed by atoms with E-state index in [1.165, 1.54) is 0 Å². The van der Waals surface area contributed by atoms with Gasteiger partial charge in [-0.2, -0.15) is 0 Å². The third kappa shape index (κ3) is 2.42. The van der Waals surface area contributed by atoms with Gasteiger partial charge in [0.1, 0.15) is 6.04 Å². The number of amides is 2. The van der Waals surface area contributed by atoms with Crippen LogP contribution in [0.4, 0.5) is 0 Å². The van der Waals surface area contributed by atoms with E-state index in [1.807, 2.05) is 0 Å². The topological polar surface area (TPSA) is 86.7 Å². The van der Waals surface area contributed by atoms with Crippen molar-refractivity contribution in [3.8, 4) is 0 Å². The van der Waals surface area contributed by atoms with E-state index in [1.54, 1.807) is 38.1 Å². The number of nitrogens with zero attached hydrogens (tertiary/aromatic N) is 1. The van der Waals surface area contributed by atoms with Crippen LogP contribution >= 0.6 is 0 Å². The summed E-state index contributed by atoms with van der Waals surface area (Å²) in [6, 6.07) is 5.75. The van der Waals surface area contributed by atoms with Crippen molar-refractivity contribution in [3.63, 3.8) is 0 Å². The Morgan fingerprint density at radius 3 is 2.10 bits per heavy atom. The Labute approximate surface area is 116 Å². The first kappa shape index (κ1) is 14.2. The molecule has 1 aliphatic rings. The van der Waals surface area contributed by atoms with E-state index in [4.69, 9.17) is 5.11 Å². The molecule has 2 N–H and O–H groups in total. The number of carbonyl (C=O) groups is 3. The first-order valence-electron chi connectivity index (χ1n) is 6.35. The lowest BCUT2D eigenvalue weighted by atomic mass is 10.1. The van der Waals surface area contributed by atoms with Crippen molar-refractivity contribution in [1.29, 1.82) is 0 Å². The van der Waals surface area contributed by atoms with Crippen LogP contribution in [0.3, 0.4) is 0 Å². The van der Waals surface area contributed by atoms with Gasteiger partial charge in [0, 0.05) is 0 Å². The van der Waals surface area contributed by atoms with Crippen molar-refractivity contribution in [2.45, 2.75) is 19.9 Å². The van der Waals surface area contributed by atoms with Gasteiger partial charge in [-0.25, -0.2) is 0 Å². The lowest BCUT2D eigenvalue weighted by Gasteiger charge is -2.21. The normalized spacial score (nSPS) is 15.7. The maximum atomic E-state index is 12.1. The van der Waals surface area contributed by atoms with Crippen LogP contribution in [0.2, 0.25) is 0 Å². The van der Waals surface area contributed by atoms with Crippen molar-refractivity contribution < 1.29 is 19.5 Å². The molecule has 1 aromatic carbocycles. The lowest BCUT2D eigenvalue weighted by Crippen LogP contribution is -2.48. The molecule has 1 aliphatic heterocycles. The fraction of sp³-hybridized carbons (Fsp3) is 0.357. The number of hydrogen-bond donors (Lipinski definition) is 2. The van der Waals surface area contributed by atoms with Gasteiger partial charge in [-0.05, 0) is 18.1 Å². The number of fused-ring (bicyclic) bond motifs is 1. The smallest absolute Gasteiger partial charge is 0.321 e. The van der Waals surface area contributed by atoms with Gasteiger partial charge in [0.15, 0.2) is 0 Å². The maximum Gasteiger partial charge on any atom is 0.321 e. The summed E-state index contributed by atoms with van der Waals surface area (Å²) < 4.78 is 0. The van der Waals surface area contributed by atoms with Gasteiger partial charge in [0.2, 0.25) is 0 Å². The summed E-state index contributed by atoms with van der Waals surface area (Å²) in [5.74, 6) is -1.95. The predicted octanol–water partition coefficient (Wildman–Crippen LogP) is 0.939. The van der Waals surface area contributed by atoms with E-state index in [2.05, 4.69) is 5.32 Å². The van der Waals surface area contributed by atoms with Crippen LogP contribution in [0.5, 0.6) is 0 Å². The quantitative estimate of drug-likeness (QED) is 0.782.